The van der Waals surface area contributed by atoms with E-state index in [2.05, 4.69) is 50.1 Å². The molecule has 1 aromatic carbocycles. The van der Waals surface area contributed by atoms with E-state index < -0.39 is 0 Å². The number of aliphatic hydroxyl groups excluding tert-OH is 1. The fourth-order valence-corrected chi connectivity index (χ4v) is 2.35. The molecular weight excluding hydrogens is 210 g/mol. The Bertz CT molecular complexity index is 299. The van der Waals surface area contributed by atoms with E-state index in [1.165, 1.54) is 5.56 Å². The van der Waals surface area contributed by atoms with Crippen molar-refractivity contribution in [2.75, 3.05) is 7.05 Å². The lowest BCUT2D eigenvalue weighted by Crippen LogP contribution is -2.40. The van der Waals surface area contributed by atoms with E-state index in [-0.39, 0.29) is 12.1 Å². The molecule has 2 unspecified atom stereocenters. The van der Waals surface area contributed by atoms with Crippen LogP contribution in [-0.4, -0.2) is 29.2 Å². The van der Waals surface area contributed by atoms with E-state index in [1.54, 1.807) is 0 Å². The van der Waals surface area contributed by atoms with Gasteiger partial charge in [-0.15, -0.1) is 0 Å². The third-order valence-corrected chi connectivity index (χ3v) is 3.29. The maximum atomic E-state index is 10.1. The summed E-state index contributed by atoms with van der Waals surface area (Å²) in [5, 5.41) is 10.1. The highest BCUT2D eigenvalue weighted by atomic mass is 16.3. The zero-order valence-corrected chi connectivity index (χ0v) is 11.3. The van der Waals surface area contributed by atoms with Crippen molar-refractivity contribution < 1.29 is 5.11 Å². The zero-order valence-electron chi connectivity index (χ0n) is 11.3. The summed E-state index contributed by atoms with van der Waals surface area (Å²) >= 11 is 0. The zero-order chi connectivity index (χ0) is 12.7. The smallest absolute Gasteiger partial charge is 0.0695 e. The van der Waals surface area contributed by atoms with Crippen molar-refractivity contribution in [1.29, 1.82) is 0 Å². The molecule has 0 aliphatic heterocycles. The minimum atomic E-state index is -0.210. The van der Waals surface area contributed by atoms with Crippen molar-refractivity contribution in [3.63, 3.8) is 0 Å². The van der Waals surface area contributed by atoms with Crippen LogP contribution in [0.3, 0.4) is 0 Å². The Kier molecular flexibility index (Phi) is 6.23. The van der Waals surface area contributed by atoms with E-state index in [0.29, 0.717) is 0 Å². The van der Waals surface area contributed by atoms with Crippen LogP contribution in [0.1, 0.15) is 38.7 Å². The van der Waals surface area contributed by atoms with Crippen LogP contribution in [-0.2, 0) is 6.54 Å². The third-order valence-electron chi connectivity index (χ3n) is 3.29. The van der Waals surface area contributed by atoms with Crippen LogP contribution in [0.15, 0.2) is 30.3 Å². The van der Waals surface area contributed by atoms with Gasteiger partial charge in [-0.2, -0.15) is 0 Å². The fourth-order valence-electron chi connectivity index (χ4n) is 2.35. The molecule has 1 aromatic rings. The normalized spacial score (nSPS) is 14.9. The lowest BCUT2D eigenvalue weighted by Gasteiger charge is -2.31. The second-order valence-electron chi connectivity index (χ2n) is 4.73. The fraction of sp³-hybridized carbons (Fsp3) is 0.600. The summed E-state index contributed by atoms with van der Waals surface area (Å²) in [6, 6.07) is 10.7. The van der Waals surface area contributed by atoms with Gasteiger partial charge >= 0.3 is 0 Å². The van der Waals surface area contributed by atoms with Gasteiger partial charge in [0.15, 0.2) is 0 Å². The number of hydrogen-bond donors (Lipinski definition) is 1. The van der Waals surface area contributed by atoms with Crippen molar-refractivity contribution >= 4 is 0 Å². The largest absolute Gasteiger partial charge is 0.391 e. The van der Waals surface area contributed by atoms with E-state index in [4.69, 9.17) is 0 Å². The monoisotopic (exact) mass is 235 g/mol. The Balaban J connectivity index is 2.57. The van der Waals surface area contributed by atoms with E-state index in [9.17, 15) is 5.11 Å². The Hall–Kier alpha value is -0.860. The molecule has 0 bridgehead atoms. The lowest BCUT2D eigenvalue weighted by atomic mass is 10.0. The highest BCUT2D eigenvalue weighted by molar-refractivity contribution is 5.14. The summed E-state index contributed by atoms with van der Waals surface area (Å²) in [6.45, 7) is 5.16. The molecule has 0 fully saturated rings. The van der Waals surface area contributed by atoms with Crippen molar-refractivity contribution in [2.24, 2.45) is 0 Å². The third kappa shape index (κ3) is 4.49. The topological polar surface area (TPSA) is 23.5 Å². The average molecular weight is 235 g/mol. The van der Waals surface area contributed by atoms with Gasteiger partial charge in [0, 0.05) is 12.6 Å². The second kappa shape index (κ2) is 7.46. The first-order valence-corrected chi connectivity index (χ1v) is 6.61. The van der Waals surface area contributed by atoms with Gasteiger partial charge in [0.1, 0.15) is 0 Å². The Morgan fingerprint density at radius 3 is 2.35 bits per heavy atom. The number of rotatable bonds is 7. The van der Waals surface area contributed by atoms with Crippen molar-refractivity contribution in [3.05, 3.63) is 35.9 Å². The van der Waals surface area contributed by atoms with Gasteiger partial charge < -0.3 is 5.11 Å². The van der Waals surface area contributed by atoms with Crippen LogP contribution in [0.5, 0.6) is 0 Å². The maximum Gasteiger partial charge on any atom is 0.0695 e. The maximum absolute atomic E-state index is 10.1. The average Bonchev–Trinajstić information content (AvgIpc) is 2.31. The summed E-state index contributed by atoms with van der Waals surface area (Å²) in [5.41, 5.74) is 1.30. The van der Waals surface area contributed by atoms with Crippen molar-refractivity contribution in [2.45, 2.75) is 51.8 Å². The molecule has 0 saturated heterocycles. The molecule has 0 radical (unpaired) electrons. The second-order valence-corrected chi connectivity index (χ2v) is 4.73. The molecule has 17 heavy (non-hydrogen) atoms. The predicted octanol–water partition coefficient (Wildman–Crippen LogP) is 3.06. The molecule has 1 N–H and O–H groups in total. The van der Waals surface area contributed by atoms with E-state index in [0.717, 1.165) is 25.8 Å². The summed E-state index contributed by atoms with van der Waals surface area (Å²) in [5.74, 6) is 0. The molecule has 0 aromatic heterocycles. The molecule has 2 nitrogen and oxygen atoms in total. The first-order valence-electron chi connectivity index (χ1n) is 6.61. The molecule has 0 spiro atoms. The Labute approximate surface area is 105 Å². The van der Waals surface area contributed by atoms with Crippen LogP contribution in [0.2, 0.25) is 0 Å². The molecule has 0 amide bonds. The number of benzene rings is 1. The molecule has 96 valence electrons. The number of aliphatic hydroxyl groups is 1. The molecular formula is C15H25NO. The SMILES string of the molecule is CCCC(O)C(CC)N(C)Cc1ccccc1. The highest BCUT2D eigenvalue weighted by Gasteiger charge is 2.20. The summed E-state index contributed by atoms with van der Waals surface area (Å²) in [6.07, 6.45) is 2.71. The van der Waals surface area contributed by atoms with Crippen LogP contribution in [0.4, 0.5) is 0 Å². The first-order chi connectivity index (χ1) is 8.19. The van der Waals surface area contributed by atoms with Gasteiger partial charge in [-0.3, -0.25) is 4.90 Å². The van der Waals surface area contributed by atoms with Crippen LogP contribution in [0, 0.1) is 0 Å². The number of nitrogens with zero attached hydrogens (tertiary/aromatic N) is 1. The Morgan fingerprint density at radius 2 is 1.82 bits per heavy atom. The summed E-state index contributed by atoms with van der Waals surface area (Å²) < 4.78 is 0. The van der Waals surface area contributed by atoms with E-state index in [1.807, 2.05) is 6.07 Å². The number of hydrogen-bond acceptors (Lipinski definition) is 2. The molecule has 0 heterocycles. The van der Waals surface area contributed by atoms with Gasteiger partial charge in [0.25, 0.3) is 0 Å². The minimum Gasteiger partial charge on any atom is -0.391 e. The van der Waals surface area contributed by atoms with E-state index >= 15 is 0 Å². The summed E-state index contributed by atoms with van der Waals surface area (Å²) in [7, 11) is 2.10. The van der Waals surface area contributed by atoms with Gasteiger partial charge in [-0.1, -0.05) is 50.6 Å². The Morgan fingerprint density at radius 1 is 1.18 bits per heavy atom. The minimum absolute atomic E-state index is 0.210. The highest BCUT2D eigenvalue weighted by Crippen LogP contribution is 2.14. The predicted molar refractivity (Wildman–Crippen MR) is 72.9 cm³/mol. The number of likely N-dealkylation sites (N-methyl/N-ethyl adjacent to an activating group) is 1. The quantitative estimate of drug-likeness (QED) is 0.785. The van der Waals surface area contributed by atoms with Gasteiger partial charge in [-0.05, 0) is 25.5 Å². The van der Waals surface area contributed by atoms with Crippen LogP contribution >= 0.6 is 0 Å². The molecule has 0 saturated carbocycles. The van der Waals surface area contributed by atoms with Crippen molar-refractivity contribution in [1.82, 2.24) is 4.90 Å². The van der Waals surface area contributed by atoms with Crippen LogP contribution in [0.25, 0.3) is 0 Å². The summed E-state index contributed by atoms with van der Waals surface area (Å²) in [4.78, 5) is 2.26. The molecule has 0 aliphatic carbocycles. The molecule has 2 atom stereocenters. The van der Waals surface area contributed by atoms with Gasteiger partial charge in [-0.25, -0.2) is 0 Å². The van der Waals surface area contributed by atoms with Gasteiger partial charge in [0.2, 0.25) is 0 Å². The molecule has 1 rings (SSSR count). The molecule has 0 aliphatic rings. The standard InChI is InChI=1S/C15H25NO/c1-4-9-15(17)14(5-2)16(3)12-13-10-7-6-8-11-13/h6-8,10-11,14-15,17H,4-5,9,12H2,1-3H3. The van der Waals surface area contributed by atoms with Gasteiger partial charge in [0.05, 0.1) is 6.10 Å². The molecule has 2 heteroatoms. The first kappa shape index (κ1) is 14.2. The van der Waals surface area contributed by atoms with Crippen molar-refractivity contribution in [3.8, 4) is 0 Å². The lowest BCUT2D eigenvalue weighted by molar-refractivity contribution is 0.0506. The van der Waals surface area contributed by atoms with Crippen LogP contribution < -0.4 is 0 Å².